The van der Waals surface area contributed by atoms with Crippen LogP contribution in [0.25, 0.3) is 0 Å². The van der Waals surface area contributed by atoms with Gasteiger partial charge in [-0.15, -0.1) is 11.3 Å². The van der Waals surface area contributed by atoms with E-state index < -0.39 is 0 Å². The molecule has 0 atom stereocenters. The Morgan fingerprint density at radius 2 is 2.41 bits per heavy atom. The number of hydrogen-bond acceptors (Lipinski definition) is 3. The average Bonchev–Trinajstić information content (AvgIpc) is 2.66. The number of rotatable bonds is 4. The van der Waals surface area contributed by atoms with Crippen molar-refractivity contribution in [2.24, 2.45) is 5.92 Å². The van der Waals surface area contributed by atoms with Crippen LogP contribution in [0.2, 0.25) is 0 Å². The molecule has 3 nitrogen and oxygen atoms in total. The van der Waals surface area contributed by atoms with E-state index in [1.165, 1.54) is 25.3 Å². The molecular formula is C12H16FNO2S. The van der Waals surface area contributed by atoms with Gasteiger partial charge in [-0.05, 0) is 24.8 Å². The number of nitrogens with zero attached hydrogens (tertiary/aromatic N) is 1. The highest BCUT2D eigenvalue weighted by Crippen LogP contribution is 2.26. The molecule has 1 fully saturated rings. The van der Waals surface area contributed by atoms with Crippen LogP contribution in [0.5, 0.6) is 0 Å². The lowest BCUT2D eigenvalue weighted by atomic mass is 9.85. The molecule has 0 aliphatic heterocycles. The topological polar surface area (TPSA) is 29.5 Å². The first-order valence-electron chi connectivity index (χ1n) is 5.76. The number of halogens is 1. The van der Waals surface area contributed by atoms with Crippen LogP contribution in [0.15, 0.2) is 11.4 Å². The molecule has 94 valence electrons. The second-order valence-corrected chi connectivity index (χ2v) is 5.35. The van der Waals surface area contributed by atoms with Gasteiger partial charge in [0, 0.05) is 24.5 Å². The van der Waals surface area contributed by atoms with E-state index in [0.717, 1.165) is 17.9 Å². The number of thiophene rings is 1. The molecule has 1 aromatic heterocycles. The number of ether oxygens (including phenoxy) is 1. The van der Waals surface area contributed by atoms with Crippen LogP contribution in [0.4, 0.5) is 9.18 Å². The summed E-state index contributed by atoms with van der Waals surface area (Å²) in [5.41, 5.74) is 0.706. The summed E-state index contributed by atoms with van der Waals surface area (Å²) < 4.78 is 17.8. The fourth-order valence-electron chi connectivity index (χ4n) is 1.81. The van der Waals surface area contributed by atoms with Crippen molar-refractivity contribution in [2.75, 3.05) is 13.6 Å². The van der Waals surface area contributed by atoms with E-state index in [4.69, 9.17) is 4.74 Å². The van der Waals surface area contributed by atoms with Gasteiger partial charge in [0.1, 0.15) is 6.61 Å². The van der Waals surface area contributed by atoms with Crippen LogP contribution >= 0.6 is 11.3 Å². The molecule has 0 unspecified atom stereocenters. The van der Waals surface area contributed by atoms with E-state index in [-0.39, 0.29) is 17.8 Å². The highest BCUT2D eigenvalue weighted by Gasteiger charge is 2.22. The molecule has 2 rings (SSSR count). The van der Waals surface area contributed by atoms with Gasteiger partial charge in [0.05, 0.1) is 0 Å². The molecule has 0 spiro atoms. The highest BCUT2D eigenvalue weighted by molar-refractivity contribution is 7.08. The Bertz CT molecular complexity index is 390. The third kappa shape index (κ3) is 3.43. The summed E-state index contributed by atoms with van der Waals surface area (Å²) >= 11 is 1.02. The maximum atomic E-state index is 12.7. The minimum absolute atomic E-state index is 0.147. The lowest BCUT2D eigenvalue weighted by Gasteiger charge is -2.29. The third-order valence-corrected chi connectivity index (χ3v) is 3.82. The van der Waals surface area contributed by atoms with Gasteiger partial charge in [0.2, 0.25) is 0 Å². The van der Waals surface area contributed by atoms with Gasteiger partial charge >= 0.3 is 6.09 Å². The van der Waals surface area contributed by atoms with Crippen LogP contribution in [0.3, 0.4) is 0 Å². The molecule has 0 aromatic carbocycles. The number of amides is 1. The van der Waals surface area contributed by atoms with E-state index in [1.807, 2.05) is 0 Å². The Morgan fingerprint density at radius 1 is 1.65 bits per heavy atom. The lowest BCUT2D eigenvalue weighted by Crippen LogP contribution is -2.34. The lowest BCUT2D eigenvalue weighted by molar-refractivity contribution is 0.0931. The van der Waals surface area contributed by atoms with Crippen LogP contribution in [-0.2, 0) is 11.3 Å². The maximum Gasteiger partial charge on any atom is 0.409 e. The molecule has 0 radical (unpaired) electrons. The first-order chi connectivity index (χ1) is 8.15. The summed E-state index contributed by atoms with van der Waals surface area (Å²) in [6.07, 6.45) is 3.34. The van der Waals surface area contributed by atoms with E-state index >= 15 is 0 Å². The summed E-state index contributed by atoms with van der Waals surface area (Å²) in [6.45, 7) is 0.908. The Labute approximate surface area is 104 Å². The van der Waals surface area contributed by atoms with Crippen LogP contribution in [0.1, 0.15) is 24.8 Å². The van der Waals surface area contributed by atoms with E-state index in [2.05, 4.69) is 0 Å². The second-order valence-electron chi connectivity index (χ2n) is 4.49. The molecule has 0 N–H and O–H groups in total. The molecule has 1 amide bonds. The zero-order chi connectivity index (χ0) is 12.3. The van der Waals surface area contributed by atoms with Crippen LogP contribution in [0, 0.1) is 11.0 Å². The molecule has 0 bridgehead atoms. The predicted octanol–water partition coefficient (Wildman–Crippen LogP) is 3.26. The molecule has 17 heavy (non-hydrogen) atoms. The molecule has 5 heteroatoms. The molecule has 1 aliphatic carbocycles. The quantitative estimate of drug-likeness (QED) is 0.828. The Kier molecular flexibility index (Phi) is 3.99. The minimum Gasteiger partial charge on any atom is -0.445 e. The van der Waals surface area contributed by atoms with Gasteiger partial charge in [0.15, 0.2) is 5.13 Å². The fraction of sp³-hybridized carbons (Fsp3) is 0.583. The van der Waals surface area contributed by atoms with Gasteiger partial charge in [-0.2, -0.15) is 4.39 Å². The molecule has 1 heterocycles. The number of carbonyl (C=O) groups excluding carboxylic acids is 1. The molecule has 1 aliphatic rings. The monoisotopic (exact) mass is 257 g/mol. The number of carbonyl (C=O) groups is 1. The summed E-state index contributed by atoms with van der Waals surface area (Å²) in [5.74, 6) is 0.631. The predicted molar refractivity (Wildman–Crippen MR) is 64.4 cm³/mol. The summed E-state index contributed by atoms with van der Waals surface area (Å²) in [7, 11) is 1.74. The normalized spacial score (nSPS) is 15.4. The summed E-state index contributed by atoms with van der Waals surface area (Å²) in [5, 5.41) is 1.41. The third-order valence-electron chi connectivity index (χ3n) is 3.05. The highest BCUT2D eigenvalue weighted by atomic mass is 32.1. The van der Waals surface area contributed by atoms with Crippen molar-refractivity contribution in [3.63, 3.8) is 0 Å². The van der Waals surface area contributed by atoms with Gasteiger partial charge < -0.3 is 9.64 Å². The van der Waals surface area contributed by atoms with E-state index in [9.17, 15) is 9.18 Å². The van der Waals surface area contributed by atoms with Crippen LogP contribution < -0.4 is 0 Å². The van der Waals surface area contributed by atoms with E-state index in [0.29, 0.717) is 11.5 Å². The SMILES string of the molecule is CN(CC1CCC1)C(=O)OCc1csc(F)c1. The second kappa shape index (κ2) is 5.49. The Morgan fingerprint density at radius 3 is 2.94 bits per heavy atom. The largest absolute Gasteiger partial charge is 0.445 e. The Balaban J connectivity index is 1.72. The zero-order valence-electron chi connectivity index (χ0n) is 9.82. The minimum atomic E-state index is -0.330. The average molecular weight is 257 g/mol. The molecule has 1 saturated carbocycles. The molecular weight excluding hydrogens is 241 g/mol. The van der Waals surface area contributed by atoms with Crippen molar-refractivity contribution >= 4 is 17.4 Å². The number of hydrogen-bond donors (Lipinski definition) is 0. The van der Waals surface area contributed by atoms with Crippen molar-refractivity contribution in [3.8, 4) is 0 Å². The van der Waals surface area contributed by atoms with Gasteiger partial charge in [-0.3, -0.25) is 0 Å². The van der Waals surface area contributed by atoms with Gasteiger partial charge in [-0.1, -0.05) is 6.42 Å². The van der Waals surface area contributed by atoms with E-state index in [1.54, 1.807) is 17.3 Å². The standard InChI is InChI=1S/C12H16FNO2S/c1-14(6-9-3-2-4-9)12(15)16-7-10-5-11(13)17-8-10/h5,8-9H,2-4,6-7H2,1H3. The van der Waals surface area contributed by atoms with Crippen LogP contribution in [-0.4, -0.2) is 24.6 Å². The van der Waals surface area contributed by atoms with Crippen molar-refractivity contribution in [3.05, 3.63) is 22.1 Å². The molecule has 0 saturated heterocycles. The Hall–Kier alpha value is -1.10. The fourth-order valence-corrected chi connectivity index (χ4v) is 2.43. The van der Waals surface area contributed by atoms with Crippen molar-refractivity contribution < 1.29 is 13.9 Å². The smallest absolute Gasteiger partial charge is 0.409 e. The first-order valence-corrected chi connectivity index (χ1v) is 6.64. The summed E-state index contributed by atoms with van der Waals surface area (Å²) in [6, 6.07) is 1.39. The van der Waals surface area contributed by atoms with Gasteiger partial charge in [0.25, 0.3) is 0 Å². The first kappa shape index (κ1) is 12.4. The van der Waals surface area contributed by atoms with Gasteiger partial charge in [-0.25, -0.2) is 4.79 Å². The summed E-state index contributed by atoms with van der Waals surface area (Å²) in [4.78, 5) is 13.2. The molecule has 1 aromatic rings. The van der Waals surface area contributed by atoms with Crippen molar-refractivity contribution in [1.29, 1.82) is 0 Å². The van der Waals surface area contributed by atoms with Crippen molar-refractivity contribution in [1.82, 2.24) is 4.90 Å². The van der Waals surface area contributed by atoms with Crippen molar-refractivity contribution in [2.45, 2.75) is 25.9 Å². The maximum absolute atomic E-state index is 12.7. The zero-order valence-corrected chi connectivity index (χ0v) is 10.6.